The van der Waals surface area contributed by atoms with Crippen LogP contribution in [0.5, 0.6) is 0 Å². The smallest absolute Gasteiger partial charge is 0.226 e. The van der Waals surface area contributed by atoms with Crippen molar-refractivity contribution in [2.75, 3.05) is 6.54 Å². The highest BCUT2D eigenvalue weighted by Gasteiger charge is 2.52. The van der Waals surface area contributed by atoms with Crippen LogP contribution < -0.4 is 5.32 Å². The summed E-state index contributed by atoms with van der Waals surface area (Å²) in [5.41, 5.74) is 5.34. The monoisotopic (exact) mass is 756 g/mol. The molecule has 5 aromatic rings. The van der Waals surface area contributed by atoms with Gasteiger partial charge in [0.25, 0.3) is 0 Å². The van der Waals surface area contributed by atoms with Crippen molar-refractivity contribution >= 4 is 62.4 Å². The molecule has 0 spiro atoms. The maximum atomic E-state index is 17.2. The van der Waals surface area contributed by atoms with Gasteiger partial charge in [-0.1, -0.05) is 35.3 Å². The van der Waals surface area contributed by atoms with Gasteiger partial charge in [0, 0.05) is 69.5 Å². The van der Waals surface area contributed by atoms with Gasteiger partial charge in [-0.05, 0) is 93.7 Å². The van der Waals surface area contributed by atoms with Crippen molar-refractivity contribution in [3.8, 4) is 17.2 Å². The van der Waals surface area contributed by atoms with E-state index in [1.807, 2.05) is 19.9 Å². The van der Waals surface area contributed by atoms with E-state index in [4.69, 9.17) is 32.9 Å². The van der Waals surface area contributed by atoms with Crippen molar-refractivity contribution in [1.29, 1.82) is 5.26 Å². The fraction of sp³-hybridized carbons (Fsp3) is 0.450. The summed E-state index contributed by atoms with van der Waals surface area (Å²) >= 11 is 14.6. The fourth-order valence-electron chi connectivity index (χ4n) is 9.14. The number of hydrogen-bond donors (Lipinski definition) is 1. The molecule has 268 valence electrons. The molecule has 1 N–H and O–H groups in total. The van der Waals surface area contributed by atoms with Crippen molar-refractivity contribution in [2.24, 2.45) is 11.8 Å². The Bertz CT molecular complexity index is 2300. The van der Waals surface area contributed by atoms with Crippen LogP contribution in [-0.4, -0.2) is 49.5 Å². The van der Waals surface area contributed by atoms with Gasteiger partial charge in [-0.3, -0.25) is 4.79 Å². The molecule has 3 saturated heterocycles. The number of nitrogens with zero attached hydrogens (tertiary/aromatic N) is 5. The molecule has 3 aliphatic heterocycles. The average molecular weight is 758 g/mol. The number of carbonyl (C=O) groups excluding carboxylic acids is 1. The van der Waals surface area contributed by atoms with Crippen LogP contribution in [0.4, 0.5) is 4.39 Å². The number of aryl methyl sites for hydroxylation is 3. The molecular weight excluding hydrogens is 718 g/mol. The highest BCUT2D eigenvalue weighted by molar-refractivity contribution is 7.05. The standard InChI is InChI=1S/C40H39Cl2FN6O2S/c1-19-12-25(47-52-19)18-51-33-16-32(48(21(33)3)40(50)22-9-10-22)31-15-27-20(2)46-37-28(39(27)49(31)38-24-14-30(38)45-17-24)13-23(6-5-11-44)34(36(37)43)26-7-4-8-29(41)35(26)42/h4,7-8,12-13,15,21-22,24,30,32-33,38,45H,5-6,9-10,14,16-18H2,1-3H3. The number of hydrogen-bond acceptors (Lipinski definition) is 7. The summed E-state index contributed by atoms with van der Waals surface area (Å²) < 4.78 is 30.8. The van der Waals surface area contributed by atoms with Crippen molar-refractivity contribution in [3.05, 3.63) is 79.8 Å². The van der Waals surface area contributed by atoms with Gasteiger partial charge in [0.15, 0.2) is 5.82 Å². The number of halogens is 3. The highest BCUT2D eigenvalue weighted by atomic mass is 35.5. The molecule has 8 nitrogen and oxygen atoms in total. The Hall–Kier alpha value is -3.59. The number of aromatic nitrogens is 3. The maximum Gasteiger partial charge on any atom is 0.226 e. The first-order valence-electron chi connectivity index (χ1n) is 18.2. The van der Waals surface area contributed by atoms with E-state index < -0.39 is 5.82 Å². The summed E-state index contributed by atoms with van der Waals surface area (Å²) in [6, 6.07) is 13.8. The minimum absolute atomic E-state index is 0.0435. The number of pyridine rings is 1. The van der Waals surface area contributed by atoms with Crippen molar-refractivity contribution in [1.82, 2.24) is 24.1 Å². The van der Waals surface area contributed by atoms with E-state index in [0.717, 1.165) is 53.0 Å². The zero-order valence-corrected chi connectivity index (χ0v) is 31.6. The SMILES string of the molecule is Cc1cc(COC2CC(c3cc4c(C)nc5c(F)c(-c6cccc(Cl)c6Cl)c(CCC#N)cc5c4n3C3C4CNC3C4)N(C(=O)C3CC3)C2C)ns1. The predicted molar refractivity (Wildman–Crippen MR) is 202 cm³/mol. The van der Waals surface area contributed by atoms with Crippen LogP contribution in [0.15, 0.2) is 36.4 Å². The second kappa shape index (κ2) is 13.1. The third kappa shape index (κ3) is 5.46. The summed E-state index contributed by atoms with van der Waals surface area (Å²) in [5, 5.41) is 15.6. The number of rotatable bonds is 9. The number of amides is 1. The van der Waals surface area contributed by atoms with E-state index in [2.05, 4.69) is 44.3 Å². The normalized spacial score (nSPS) is 25.3. The number of carbonyl (C=O) groups is 1. The lowest BCUT2D eigenvalue weighted by atomic mass is 9.79. The molecule has 6 unspecified atom stereocenters. The largest absolute Gasteiger partial charge is 0.370 e. The minimum atomic E-state index is -0.477. The first-order valence-corrected chi connectivity index (χ1v) is 19.7. The van der Waals surface area contributed by atoms with Gasteiger partial charge in [0.1, 0.15) is 5.52 Å². The summed E-state index contributed by atoms with van der Waals surface area (Å²) in [6.45, 7) is 7.40. The Balaban J connectivity index is 1.25. The number of fused-ring (bicyclic) bond motifs is 4. The molecule has 3 aromatic heterocycles. The molecule has 1 amide bonds. The summed E-state index contributed by atoms with van der Waals surface area (Å²) in [5.74, 6) is 0.172. The number of benzene rings is 2. The summed E-state index contributed by atoms with van der Waals surface area (Å²) in [7, 11) is 0. The van der Waals surface area contributed by atoms with Crippen LogP contribution in [0.1, 0.15) is 78.6 Å². The fourth-order valence-corrected chi connectivity index (χ4v) is 10.1. The zero-order chi connectivity index (χ0) is 36.0. The quantitative estimate of drug-likeness (QED) is 0.161. The molecule has 5 fully saturated rings. The molecule has 0 radical (unpaired) electrons. The van der Waals surface area contributed by atoms with E-state index in [0.29, 0.717) is 58.2 Å². The van der Waals surface area contributed by atoms with Crippen LogP contribution in [0, 0.1) is 42.8 Å². The first kappa shape index (κ1) is 34.2. The van der Waals surface area contributed by atoms with Gasteiger partial charge in [0.05, 0.1) is 58.2 Å². The lowest BCUT2D eigenvalue weighted by Crippen LogP contribution is -2.43. The van der Waals surface area contributed by atoms with E-state index >= 15 is 4.39 Å². The molecule has 12 heteroatoms. The molecule has 6 atom stereocenters. The number of ether oxygens (including phenoxy) is 1. The van der Waals surface area contributed by atoms with Crippen LogP contribution in [0.2, 0.25) is 10.0 Å². The molecule has 6 heterocycles. The van der Waals surface area contributed by atoms with Gasteiger partial charge in [-0.2, -0.15) is 9.64 Å². The topological polar surface area (TPSA) is 96.1 Å². The maximum absolute atomic E-state index is 17.2. The van der Waals surface area contributed by atoms with E-state index in [1.165, 1.54) is 11.5 Å². The molecule has 10 rings (SSSR count). The third-order valence-corrected chi connectivity index (χ3v) is 13.4. The zero-order valence-electron chi connectivity index (χ0n) is 29.3. The molecule has 2 bridgehead atoms. The van der Waals surface area contributed by atoms with Gasteiger partial charge >= 0.3 is 0 Å². The van der Waals surface area contributed by atoms with Crippen molar-refractivity contribution in [2.45, 2.75) is 96.2 Å². The third-order valence-electron chi connectivity index (χ3n) is 11.8. The summed E-state index contributed by atoms with van der Waals surface area (Å²) in [4.78, 5) is 22.3. The lowest BCUT2D eigenvalue weighted by Gasteiger charge is -2.39. The number of nitrogens with one attached hydrogen (secondary N) is 1. The first-order chi connectivity index (χ1) is 25.1. The molecule has 5 aliphatic rings. The van der Waals surface area contributed by atoms with Gasteiger partial charge < -0.3 is 19.5 Å². The van der Waals surface area contributed by atoms with Gasteiger partial charge in [0.2, 0.25) is 5.91 Å². The van der Waals surface area contributed by atoms with Gasteiger partial charge in [-0.15, -0.1) is 0 Å². The average Bonchev–Trinajstić information content (AvgIpc) is 3.49. The predicted octanol–water partition coefficient (Wildman–Crippen LogP) is 9.02. The molecule has 2 aromatic carbocycles. The van der Waals surface area contributed by atoms with Crippen molar-refractivity contribution < 1.29 is 13.9 Å². The number of likely N-dealkylation sites (tertiary alicyclic amines) is 1. The van der Waals surface area contributed by atoms with Crippen molar-refractivity contribution in [3.63, 3.8) is 0 Å². The highest BCUT2D eigenvalue weighted by Crippen LogP contribution is 2.52. The van der Waals surface area contributed by atoms with E-state index in [9.17, 15) is 10.1 Å². The van der Waals surface area contributed by atoms with Gasteiger partial charge in [-0.25, -0.2) is 9.37 Å². The summed E-state index contributed by atoms with van der Waals surface area (Å²) in [6.07, 6.45) is 3.93. The molecule has 52 heavy (non-hydrogen) atoms. The number of nitriles is 1. The Kier molecular flexibility index (Phi) is 8.59. The molecular formula is C40H39Cl2FN6O2S. The van der Waals surface area contributed by atoms with Crippen LogP contribution >= 0.6 is 34.7 Å². The Labute approximate surface area is 316 Å². The van der Waals surface area contributed by atoms with E-state index in [-0.39, 0.29) is 59.1 Å². The van der Waals surface area contributed by atoms with Crippen LogP contribution in [-0.2, 0) is 22.6 Å². The lowest BCUT2D eigenvalue weighted by molar-refractivity contribution is -0.136. The molecule has 2 aliphatic carbocycles. The van der Waals surface area contributed by atoms with Crippen LogP contribution in [0.25, 0.3) is 32.9 Å². The molecule has 2 saturated carbocycles. The van der Waals surface area contributed by atoms with Crippen LogP contribution in [0.3, 0.4) is 0 Å². The Morgan fingerprint density at radius 3 is 2.69 bits per heavy atom. The van der Waals surface area contributed by atoms with E-state index in [1.54, 1.807) is 18.2 Å². The second-order valence-electron chi connectivity index (χ2n) is 15.1. The second-order valence-corrected chi connectivity index (χ2v) is 16.9. The Morgan fingerprint density at radius 2 is 2.00 bits per heavy atom. The minimum Gasteiger partial charge on any atom is -0.370 e. The Morgan fingerprint density at radius 1 is 1.17 bits per heavy atom.